The Kier molecular flexibility index (Phi) is 3.60. The monoisotopic (exact) mass is 183 g/mol. The summed E-state index contributed by atoms with van der Waals surface area (Å²) in [5.41, 5.74) is 5.92. The van der Waals surface area contributed by atoms with E-state index < -0.39 is 0 Å². The quantitative estimate of drug-likeness (QED) is 0.703. The Morgan fingerprint density at radius 2 is 2.31 bits per heavy atom. The Bertz CT molecular complexity index is 187. The maximum absolute atomic E-state index is 5.92. The second kappa shape index (κ2) is 4.51. The van der Waals surface area contributed by atoms with Crippen LogP contribution >= 0.6 is 0 Å². The van der Waals surface area contributed by atoms with E-state index in [4.69, 9.17) is 5.73 Å². The third-order valence-corrected chi connectivity index (χ3v) is 2.67. The maximum Gasteiger partial charge on any atom is 0.0945 e. The largest absolute Gasteiger partial charge is 0.386 e. The molecule has 0 aromatic heterocycles. The standard InChI is InChI=1S/C10H21N3/c1-4-5-10(11)13-7-6-9(8-13)12(2)3/h5,9H,4,6-8,11H2,1-3H3/b10-5+. The van der Waals surface area contributed by atoms with Crippen molar-refractivity contribution in [3.8, 4) is 0 Å². The second-order valence-electron chi connectivity index (χ2n) is 3.89. The highest BCUT2D eigenvalue weighted by Crippen LogP contribution is 2.15. The van der Waals surface area contributed by atoms with E-state index in [1.807, 2.05) is 0 Å². The van der Waals surface area contributed by atoms with Gasteiger partial charge in [-0.05, 0) is 33.0 Å². The molecule has 0 radical (unpaired) electrons. The van der Waals surface area contributed by atoms with Gasteiger partial charge in [-0.1, -0.05) is 6.92 Å². The van der Waals surface area contributed by atoms with E-state index in [1.165, 1.54) is 6.42 Å². The minimum atomic E-state index is 0.670. The lowest BCUT2D eigenvalue weighted by Crippen LogP contribution is -2.32. The van der Waals surface area contributed by atoms with Crippen molar-refractivity contribution in [3.63, 3.8) is 0 Å². The molecule has 0 aliphatic carbocycles. The van der Waals surface area contributed by atoms with Crippen LogP contribution in [-0.2, 0) is 0 Å². The molecule has 1 unspecified atom stereocenters. The SMILES string of the molecule is CC/C=C(\N)N1CCC(N(C)C)C1. The van der Waals surface area contributed by atoms with Crippen LogP contribution < -0.4 is 5.73 Å². The molecule has 0 amide bonds. The normalized spacial score (nSPS) is 24.5. The molecule has 13 heavy (non-hydrogen) atoms. The van der Waals surface area contributed by atoms with Crippen molar-refractivity contribution >= 4 is 0 Å². The van der Waals surface area contributed by atoms with E-state index in [-0.39, 0.29) is 0 Å². The van der Waals surface area contributed by atoms with Crippen molar-refractivity contribution < 1.29 is 0 Å². The number of allylic oxidation sites excluding steroid dienone is 1. The molecule has 0 bridgehead atoms. The number of likely N-dealkylation sites (N-methyl/N-ethyl adjacent to an activating group) is 1. The second-order valence-corrected chi connectivity index (χ2v) is 3.89. The molecule has 76 valence electrons. The van der Waals surface area contributed by atoms with Crippen LogP contribution in [0.2, 0.25) is 0 Å². The van der Waals surface area contributed by atoms with Crippen molar-refractivity contribution in [2.24, 2.45) is 5.73 Å². The van der Waals surface area contributed by atoms with Crippen molar-refractivity contribution in [3.05, 3.63) is 11.9 Å². The van der Waals surface area contributed by atoms with Crippen LogP contribution in [0.1, 0.15) is 19.8 Å². The zero-order chi connectivity index (χ0) is 9.84. The fraction of sp³-hybridized carbons (Fsp3) is 0.800. The number of hydrogen-bond donors (Lipinski definition) is 1. The van der Waals surface area contributed by atoms with E-state index in [0.29, 0.717) is 6.04 Å². The molecule has 0 aromatic rings. The minimum Gasteiger partial charge on any atom is -0.386 e. The topological polar surface area (TPSA) is 32.5 Å². The zero-order valence-corrected chi connectivity index (χ0v) is 8.95. The highest BCUT2D eigenvalue weighted by Gasteiger charge is 2.23. The summed E-state index contributed by atoms with van der Waals surface area (Å²) in [6.07, 6.45) is 4.35. The molecule has 1 atom stereocenters. The fourth-order valence-electron chi connectivity index (χ4n) is 1.74. The average Bonchev–Trinajstić information content (AvgIpc) is 2.52. The molecule has 1 fully saturated rings. The summed E-state index contributed by atoms with van der Waals surface area (Å²) >= 11 is 0. The summed E-state index contributed by atoms with van der Waals surface area (Å²) in [6, 6.07) is 0.670. The van der Waals surface area contributed by atoms with E-state index in [9.17, 15) is 0 Å². The highest BCUT2D eigenvalue weighted by atomic mass is 15.3. The van der Waals surface area contributed by atoms with Gasteiger partial charge in [0.05, 0.1) is 5.82 Å². The molecule has 1 aliphatic heterocycles. The summed E-state index contributed by atoms with van der Waals surface area (Å²) in [6.45, 7) is 4.30. The zero-order valence-electron chi connectivity index (χ0n) is 8.95. The van der Waals surface area contributed by atoms with Gasteiger partial charge in [-0.2, -0.15) is 0 Å². The van der Waals surface area contributed by atoms with Gasteiger partial charge >= 0.3 is 0 Å². The molecular formula is C10H21N3. The van der Waals surface area contributed by atoms with Crippen LogP contribution in [0, 0.1) is 0 Å². The molecular weight excluding hydrogens is 162 g/mol. The molecule has 0 spiro atoms. The van der Waals surface area contributed by atoms with Gasteiger partial charge in [0.25, 0.3) is 0 Å². The summed E-state index contributed by atoms with van der Waals surface area (Å²) < 4.78 is 0. The number of hydrogen-bond acceptors (Lipinski definition) is 3. The molecule has 0 aromatic carbocycles. The summed E-state index contributed by atoms with van der Waals surface area (Å²) in [5, 5.41) is 0. The van der Waals surface area contributed by atoms with Crippen LogP contribution in [0.15, 0.2) is 11.9 Å². The van der Waals surface area contributed by atoms with Crippen LogP contribution in [0.25, 0.3) is 0 Å². The van der Waals surface area contributed by atoms with Crippen LogP contribution in [-0.4, -0.2) is 43.0 Å². The van der Waals surface area contributed by atoms with E-state index in [0.717, 1.165) is 25.3 Å². The van der Waals surface area contributed by atoms with Crippen molar-refractivity contribution in [1.82, 2.24) is 9.80 Å². The molecule has 1 aliphatic rings. The average molecular weight is 183 g/mol. The molecule has 1 rings (SSSR count). The first-order chi connectivity index (χ1) is 6.15. The highest BCUT2D eigenvalue weighted by molar-refractivity contribution is 4.99. The van der Waals surface area contributed by atoms with Gasteiger partial charge in [0.15, 0.2) is 0 Å². The predicted molar refractivity (Wildman–Crippen MR) is 56.2 cm³/mol. The van der Waals surface area contributed by atoms with E-state index >= 15 is 0 Å². The molecule has 3 nitrogen and oxygen atoms in total. The molecule has 1 saturated heterocycles. The van der Waals surface area contributed by atoms with Crippen molar-refractivity contribution in [1.29, 1.82) is 0 Å². The first kappa shape index (κ1) is 10.4. The number of nitrogens with two attached hydrogens (primary N) is 1. The lowest BCUT2D eigenvalue weighted by Gasteiger charge is -2.21. The Morgan fingerprint density at radius 1 is 1.62 bits per heavy atom. The Balaban J connectivity index is 2.45. The first-order valence-corrected chi connectivity index (χ1v) is 5.02. The van der Waals surface area contributed by atoms with Gasteiger partial charge < -0.3 is 15.5 Å². The van der Waals surface area contributed by atoms with Crippen LogP contribution in [0.5, 0.6) is 0 Å². The molecule has 2 N–H and O–H groups in total. The lowest BCUT2D eigenvalue weighted by molar-refractivity contribution is 0.290. The number of likely N-dealkylation sites (tertiary alicyclic amines) is 1. The fourth-order valence-corrected chi connectivity index (χ4v) is 1.74. The summed E-state index contributed by atoms with van der Waals surface area (Å²) in [7, 11) is 4.27. The van der Waals surface area contributed by atoms with Crippen molar-refractivity contribution in [2.45, 2.75) is 25.8 Å². The Labute approximate surface area is 81.2 Å². The summed E-state index contributed by atoms with van der Waals surface area (Å²) in [4.78, 5) is 4.55. The summed E-state index contributed by atoms with van der Waals surface area (Å²) in [5.74, 6) is 0.951. The Morgan fingerprint density at radius 3 is 2.77 bits per heavy atom. The van der Waals surface area contributed by atoms with Gasteiger partial charge in [0, 0.05) is 19.1 Å². The van der Waals surface area contributed by atoms with Gasteiger partial charge in [0.2, 0.25) is 0 Å². The minimum absolute atomic E-state index is 0.670. The first-order valence-electron chi connectivity index (χ1n) is 5.02. The van der Waals surface area contributed by atoms with E-state index in [1.54, 1.807) is 0 Å². The van der Waals surface area contributed by atoms with Gasteiger partial charge in [-0.25, -0.2) is 0 Å². The Hall–Kier alpha value is -0.700. The lowest BCUT2D eigenvalue weighted by atomic mass is 10.2. The third kappa shape index (κ3) is 2.62. The number of rotatable bonds is 3. The smallest absolute Gasteiger partial charge is 0.0945 e. The molecule has 1 heterocycles. The molecule has 0 saturated carbocycles. The van der Waals surface area contributed by atoms with Gasteiger partial charge in [-0.3, -0.25) is 0 Å². The van der Waals surface area contributed by atoms with Crippen LogP contribution in [0.3, 0.4) is 0 Å². The third-order valence-electron chi connectivity index (χ3n) is 2.67. The maximum atomic E-state index is 5.92. The van der Waals surface area contributed by atoms with Crippen molar-refractivity contribution in [2.75, 3.05) is 27.2 Å². The van der Waals surface area contributed by atoms with Gasteiger partial charge in [-0.15, -0.1) is 0 Å². The van der Waals surface area contributed by atoms with Gasteiger partial charge in [0.1, 0.15) is 0 Å². The number of nitrogens with zero attached hydrogens (tertiary/aromatic N) is 2. The predicted octanol–water partition coefficient (Wildman–Crippen LogP) is 0.832. The van der Waals surface area contributed by atoms with Crippen LogP contribution in [0.4, 0.5) is 0 Å². The van der Waals surface area contributed by atoms with E-state index in [2.05, 4.69) is 36.9 Å². The molecule has 3 heteroatoms.